The second-order valence-electron chi connectivity index (χ2n) is 6.64. The summed E-state index contributed by atoms with van der Waals surface area (Å²) in [4.78, 5) is 8.60. The van der Waals surface area contributed by atoms with Gasteiger partial charge in [0.2, 0.25) is 5.88 Å². The standard InChI is InChI=1S/C24H28N4O3/c1-25-24(27-16-19-8-11-21(29-2)12-9-19)28-18-20-10-13-23(26-17-20)31-15-14-30-22-6-4-3-5-7-22/h3-13,17H,14-16,18H2,1-2H3,(H2,25,27,28). The van der Waals surface area contributed by atoms with Crippen molar-refractivity contribution in [1.82, 2.24) is 15.6 Å². The molecule has 0 unspecified atom stereocenters. The minimum absolute atomic E-state index is 0.432. The summed E-state index contributed by atoms with van der Waals surface area (Å²) >= 11 is 0. The van der Waals surface area contributed by atoms with Crippen LogP contribution >= 0.6 is 0 Å². The zero-order chi connectivity index (χ0) is 21.7. The smallest absolute Gasteiger partial charge is 0.213 e. The molecule has 0 saturated carbocycles. The molecule has 3 aromatic rings. The lowest BCUT2D eigenvalue weighted by molar-refractivity contribution is 0.212. The van der Waals surface area contributed by atoms with Gasteiger partial charge in [0.15, 0.2) is 5.96 Å². The van der Waals surface area contributed by atoms with E-state index in [4.69, 9.17) is 14.2 Å². The molecule has 0 amide bonds. The third-order valence-corrected chi connectivity index (χ3v) is 4.45. The predicted molar refractivity (Wildman–Crippen MR) is 122 cm³/mol. The van der Waals surface area contributed by atoms with E-state index in [1.54, 1.807) is 20.4 Å². The molecule has 0 saturated heterocycles. The average Bonchev–Trinajstić information content (AvgIpc) is 2.84. The minimum atomic E-state index is 0.432. The fourth-order valence-corrected chi connectivity index (χ4v) is 2.76. The van der Waals surface area contributed by atoms with Crippen LogP contribution in [0.1, 0.15) is 11.1 Å². The highest BCUT2D eigenvalue weighted by Gasteiger charge is 2.02. The van der Waals surface area contributed by atoms with E-state index in [0.717, 1.165) is 22.6 Å². The molecule has 2 N–H and O–H groups in total. The number of nitrogens with one attached hydrogen (secondary N) is 2. The predicted octanol–water partition coefficient (Wildman–Crippen LogP) is 3.41. The number of benzene rings is 2. The molecule has 1 heterocycles. The van der Waals surface area contributed by atoms with Gasteiger partial charge >= 0.3 is 0 Å². The van der Waals surface area contributed by atoms with Gasteiger partial charge in [-0.1, -0.05) is 36.4 Å². The van der Waals surface area contributed by atoms with Crippen molar-refractivity contribution in [3.63, 3.8) is 0 Å². The Morgan fingerprint density at radius 2 is 1.48 bits per heavy atom. The lowest BCUT2D eigenvalue weighted by Crippen LogP contribution is -2.36. The Morgan fingerprint density at radius 1 is 0.806 bits per heavy atom. The molecule has 0 aliphatic rings. The third-order valence-electron chi connectivity index (χ3n) is 4.45. The van der Waals surface area contributed by atoms with Crippen LogP contribution in [0.4, 0.5) is 0 Å². The number of pyridine rings is 1. The number of rotatable bonds is 10. The first-order valence-corrected chi connectivity index (χ1v) is 10.1. The van der Waals surface area contributed by atoms with Crippen molar-refractivity contribution in [2.75, 3.05) is 27.4 Å². The largest absolute Gasteiger partial charge is 0.497 e. The van der Waals surface area contributed by atoms with Crippen LogP contribution < -0.4 is 24.8 Å². The van der Waals surface area contributed by atoms with Gasteiger partial charge in [-0.05, 0) is 35.4 Å². The molecule has 162 valence electrons. The molecule has 0 aliphatic heterocycles. The van der Waals surface area contributed by atoms with Gasteiger partial charge in [-0.25, -0.2) is 4.98 Å². The first-order valence-electron chi connectivity index (χ1n) is 10.1. The van der Waals surface area contributed by atoms with Crippen molar-refractivity contribution < 1.29 is 14.2 Å². The van der Waals surface area contributed by atoms with Crippen LogP contribution in [-0.4, -0.2) is 38.3 Å². The number of nitrogens with zero attached hydrogens (tertiary/aromatic N) is 2. The van der Waals surface area contributed by atoms with Gasteiger partial charge in [-0.15, -0.1) is 0 Å². The van der Waals surface area contributed by atoms with Gasteiger partial charge in [-0.3, -0.25) is 4.99 Å². The van der Waals surface area contributed by atoms with Crippen molar-refractivity contribution in [2.45, 2.75) is 13.1 Å². The monoisotopic (exact) mass is 420 g/mol. The normalized spacial score (nSPS) is 11.0. The second-order valence-corrected chi connectivity index (χ2v) is 6.64. The highest BCUT2D eigenvalue weighted by molar-refractivity contribution is 5.79. The van der Waals surface area contributed by atoms with Crippen LogP contribution in [0.15, 0.2) is 77.9 Å². The van der Waals surface area contributed by atoms with Crippen molar-refractivity contribution in [2.24, 2.45) is 4.99 Å². The number of aromatic nitrogens is 1. The summed E-state index contributed by atoms with van der Waals surface area (Å²) in [7, 11) is 3.41. The molecular weight excluding hydrogens is 392 g/mol. The molecule has 0 bridgehead atoms. The zero-order valence-corrected chi connectivity index (χ0v) is 17.9. The van der Waals surface area contributed by atoms with Crippen molar-refractivity contribution in [1.29, 1.82) is 0 Å². The first-order chi connectivity index (χ1) is 15.3. The molecule has 7 heteroatoms. The summed E-state index contributed by atoms with van der Waals surface area (Å²) in [5.74, 6) is 2.96. The second kappa shape index (κ2) is 12.1. The molecule has 7 nitrogen and oxygen atoms in total. The van der Waals surface area contributed by atoms with Gasteiger partial charge in [0, 0.05) is 32.4 Å². The van der Waals surface area contributed by atoms with Crippen LogP contribution in [0.3, 0.4) is 0 Å². The highest BCUT2D eigenvalue weighted by atomic mass is 16.5. The molecule has 0 spiro atoms. The zero-order valence-electron chi connectivity index (χ0n) is 17.9. The summed E-state index contributed by atoms with van der Waals surface area (Å²) in [6.45, 7) is 2.17. The summed E-state index contributed by atoms with van der Waals surface area (Å²) in [6.07, 6.45) is 1.79. The minimum Gasteiger partial charge on any atom is -0.497 e. The summed E-state index contributed by atoms with van der Waals surface area (Å²) in [5.41, 5.74) is 2.17. The van der Waals surface area contributed by atoms with E-state index in [-0.39, 0.29) is 0 Å². The van der Waals surface area contributed by atoms with Crippen molar-refractivity contribution in [3.8, 4) is 17.4 Å². The maximum atomic E-state index is 5.63. The van der Waals surface area contributed by atoms with Crippen molar-refractivity contribution in [3.05, 3.63) is 84.1 Å². The summed E-state index contributed by atoms with van der Waals surface area (Å²) in [6, 6.07) is 21.4. The molecule has 31 heavy (non-hydrogen) atoms. The number of guanidine groups is 1. The topological polar surface area (TPSA) is 77.0 Å². The van der Waals surface area contributed by atoms with Crippen LogP contribution in [-0.2, 0) is 13.1 Å². The van der Waals surface area contributed by atoms with Gasteiger partial charge < -0.3 is 24.8 Å². The van der Waals surface area contributed by atoms with Crippen LogP contribution in [0.25, 0.3) is 0 Å². The Bertz CT molecular complexity index is 929. The summed E-state index contributed by atoms with van der Waals surface area (Å²) < 4.78 is 16.4. The van der Waals surface area contributed by atoms with Gasteiger partial charge in [0.05, 0.1) is 7.11 Å². The molecular formula is C24H28N4O3. The Kier molecular flexibility index (Phi) is 8.55. The number of hydrogen-bond acceptors (Lipinski definition) is 5. The quantitative estimate of drug-likeness (QED) is 0.297. The fraction of sp³-hybridized carbons (Fsp3) is 0.250. The number of hydrogen-bond donors (Lipinski definition) is 2. The van der Waals surface area contributed by atoms with E-state index < -0.39 is 0 Å². The van der Waals surface area contributed by atoms with Gasteiger partial charge in [0.25, 0.3) is 0 Å². The van der Waals surface area contributed by atoms with Crippen molar-refractivity contribution >= 4 is 5.96 Å². The molecule has 0 fully saturated rings. The van der Waals surface area contributed by atoms with Gasteiger partial charge in [0.1, 0.15) is 24.7 Å². The maximum absolute atomic E-state index is 5.63. The lowest BCUT2D eigenvalue weighted by Gasteiger charge is -2.12. The SMILES string of the molecule is CN=C(NCc1ccc(OC)cc1)NCc1ccc(OCCOc2ccccc2)nc1. The van der Waals surface area contributed by atoms with E-state index >= 15 is 0 Å². The van der Waals surface area contributed by atoms with E-state index in [0.29, 0.717) is 38.1 Å². The number of methoxy groups -OCH3 is 1. The molecule has 0 aliphatic carbocycles. The molecule has 1 aromatic heterocycles. The van der Waals surface area contributed by atoms with Gasteiger partial charge in [-0.2, -0.15) is 0 Å². The Balaban J connectivity index is 1.37. The highest BCUT2D eigenvalue weighted by Crippen LogP contribution is 2.11. The van der Waals surface area contributed by atoms with E-state index in [1.165, 1.54) is 0 Å². The van der Waals surface area contributed by atoms with Crippen LogP contribution in [0, 0.1) is 0 Å². The number of aliphatic imine (C=N–C) groups is 1. The van der Waals surface area contributed by atoms with E-state index in [1.807, 2.05) is 66.7 Å². The molecule has 3 rings (SSSR count). The van der Waals surface area contributed by atoms with Crippen LogP contribution in [0.2, 0.25) is 0 Å². The Morgan fingerprint density at radius 3 is 2.13 bits per heavy atom. The number of ether oxygens (including phenoxy) is 3. The lowest BCUT2D eigenvalue weighted by atomic mass is 10.2. The maximum Gasteiger partial charge on any atom is 0.213 e. The third kappa shape index (κ3) is 7.54. The molecule has 2 aromatic carbocycles. The first kappa shape index (κ1) is 22.0. The number of para-hydroxylation sites is 1. The Labute approximate surface area is 183 Å². The summed E-state index contributed by atoms with van der Waals surface area (Å²) in [5, 5.41) is 6.57. The average molecular weight is 421 g/mol. The molecule has 0 atom stereocenters. The van der Waals surface area contributed by atoms with E-state index in [9.17, 15) is 0 Å². The van der Waals surface area contributed by atoms with E-state index in [2.05, 4.69) is 20.6 Å². The fourth-order valence-electron chi connectivity index (χ4n) is 2.76. The van der Waals surface area contributed by atoms with Crippen LogP contribution in [0.5, 0.6) is 17.4 Å². The molecule has 0 radical (unpaired) electrons. The Hall–Kier alpha value is -3.74.